The van der Waals surface area contributed by atoms with E-state index in [1.54, 1.807) is 18.2 Å². The van der Waals surface area contributed by atoms with Crippen LogP contribution in [0.1, 0.15) is 31.1 Å². The van der Waals surface area contributed by atoms with Crippen molar-refractivity contribution in [2.24, 2.45) is 5.92 Å². The number of aliphatic hydroxyl groups is 1. The number of carbonyl (C=O) groups excluding carboxylic acids is 1. The summed E-state index contributed by atoms with van der Waals surface area (Å²) in [5.74, 6) is 0.122. The molecule has 0 saturated heterocycles. The average molecular weight is 324 g/mol. The fraction of sp³-hybridized carbons (Fsp3) is 0.250. The van der Waals surface area contributed by atoms with Crippen molar-refractivity contribution in [2.75, 3.05) is 6.61 Å². The Bertz CT molecular complexity index is 762. The maximum Gasteiger partial charge on any atom is 0.341 e. The molecule has 0 radical (unpaired) electrons. The Morgan fingerprint density at radius 1 is 1.12 bits per heavy atom. The molecule has 0 bridgehead atoms. The van der Waals surface area contributed by atoms with Gasteiger partial charge in [0.05, 0.1) is 12.2 Å². The standard InChI is InChI=1S/C20H20O4/c1-13(2)12-23-20(22)17-18(21)15-10-6-7-11-16(15)24-19(17)14-8-4-3-5-9-14/h3-11,13,19,21H,12H2,1-2H3. The molecule has 2 aromatic rings. The first-order valence-corrected chi connectivity index (χ1v) is 7.99. The number of aliphatic hydroxyl groups excluding tert-OH is 1. The van der Waals surface area contributed by atoms with Gasteiger partial charge in [-0.1, -0.05) is 56.3 Å². The van der Waals surface area contributed by atoms with Crippen molar-refractivity contribution in [2.45, 2.75) is 20.0 Å². The number of fused-ring (bicyclic) bond motifs is 1. The first kappa shape index (κ1) is 16.1. The Morgan fingerprint density at radius 2 is 1.79 bits per heavy atom. The Labute approximate surface area is 141 Å². The Hall–Kier alpha value is -2.75. The van der Waals surface area contributed by atoms with Crippen LogP contribution in [0.2, 0.25) is 0 Å². The van der Waals surface area contributed by atoms with Crippen molar-refractivity contribution >= 4 is 11.7 Å². The molecule has 4 heteroatoms. The van der Waals surface area contributed by atoms with E-state index in [1.807, 2.05) is 50.2 Å². The topological polar surface area (TPSA) is 55.8 Å². The SMILES string of the molecule is CC(C)COC(=O)C1=C(O)c2ccccc2OC1c1ccccc1. The van der Waals surface area contributed by atoms with Crippen LogP contribution in [0.3, 0.4) is 0 Å². The zero-order chi connectivity index (χ0) is 17.1. The van der Waals surface area contributed by atoms with Gasteiger partial charge in [-0.05, 0) is 23.6 Å². The number of hydrogen-bond donors (Lipinski definition) is 1. The normalized spacial score (nSPS) is 16.5. The van der Waals surface area contributed by atoms with E-state index in [2.05, 4.69) is 0 Å². The summed E-state index contributed by atoms with van der Waals surface area (Å²) >= 11 is 0. The third-order valence-electron chi connectivity index (χ3n) is 3.77. The fourth-order valence-corrected chi connectivity index (χ4v) is 2.61. The summed E-state index contributed by atoms with van der Waals surface area (Å²) in [5.41, 5.74) is 1.43. The first-order valence-electron chi connectivity index (χ1n) is 7.99. The molecule has 0 aromatic heterocycles. The van der Waals surface area contributed by atoms with Crippen LogP contribution >= 0.6 is 0 Å². The highest BCUT2D eigenvalue weighted by atomic mass is 16.5. The van der Waals surface area contributed by atoms with Crippen LogP contribution in [0.15, 0.2) is 60.2 Å². The third kappa shape index (κ3) is 3.13. The van der Waals surface area contributed by atoms with E-state index in [-0.39, 0.29) is 17.3 Å². The van der Waals surface area contributed by atoms with Gasteiger partial charge in [0.2, 0.25) is 0 Å². The van der Waals surface area contributed by atoms with Gasteiger partial charge in [0.15, 0.2) is 6.10 Å². The molecule has 0 aliphatic carbocycles. The van der Waals surface area contributed by atoms with Gasteiger partial charge in [0.25, 0.3) is 0 Å². The molecular weight excluding hydrogens is 304 g/mol. The lowest BCUT2D eigenvalue weighted by molar-refractivity contribution is -0.141. The Morgan fingerprint density at radius 3 is 2.50 bits per heavy atom. The van der Waals surface area contributed by atoms with Gasteiger partial charge in [0, 0.05) is 0 Å². The highest BCUT2D eigenvalue weighted by Crippen LogP contribution is 2.41. The van der Waals surface area contributed by atoms with E-state index in [9.17, 15) is 9.90 Å². The van der Waals surface area contributed by atoms with E-state index in [4.69, 9.17) is 9.47 Å². The second kappa shape index (κ2) is 6.79. The minimum absolute atomic E-state index is 0.0838. The van der Waals surface area contributed by atoms with E-state index in [0.29, 0.717) is 17.9 Å². The van der Waals surface area contributed by atoms with Gasteiger partial charge in [0.1, 0.15) is 17.1 Å². The number of ether oxygens (including phenoxy) is 2. The number of hydrogen-bond acceptors (Lipinski definition) is 4. The van der Waals surface area contributed by atoms with Gasteiger partial charge in [-0.2, -0.15) is 0 Å². The van der Waals surface area contributed by atoms with Gasteiger partial charge in [-0.15, -0.1) is 0 Å². The molecule has 24 heavy (non-hydrogen) atoms. The van der Waals surface area contributed by atoms with Crippen LogP contribution < -0.4 is 4.74 Å². The summed E-state index contributed by atoms with van der Waals surface area (Å²) < 4.78 is 11.4. The molecule has 1 N–H and O–H groups in total. The number of carbonyl (C=O) groups is 1. The molecule has 1 unspecified atom stereocenters. The lowest BCUT2D eigenvalue weighted by Gasteiger charge is -2.28. The van der Waals surface area contributed by atoms with Gasteiger partial charge < -0.3 is 14.6 Å². The van der Waals surface area contributed by atoms with Crippen molar-refractivity contribution in [1.29, 1.82) is 0 Å². The molecule has 0 fully saturated rings. The summed E-state index contributed by atoms with van der Waals surface area (Å²) in [6, 6.07) is 16.5. The zero-order valence-electron chi connectivity index (χ0n) is 13.7. The molecule has 0 saturated carbocycles. The molecule has 1 aliphatic heterocycles. The van der Waals surface area contributed by atoms with Crippen molar-refractivity contribution in [3.05, 3.63) is 71.3 Å². The van der Waals surface area contributed by atoms with Gasteiger partial charge in [-0.3, -0.25) is 0 Å². The van der Waals surface area contributed by atoms with Crippen LogP contribution in [0.4, 0.5) is 0 Å². The number of rotatable bonds is 4. The second-order valence-electron chi connectivity index (χ2n) is 6.16. The Kier molecular flexibility index (Phi) is 4.56. The van der Waals surface area contributed by atoms with Crippen molar-refractivity contribution in [1.82, 2.24) is 0 Å². The highest BCUT2D eigenvalue weighted by molar-refractivity contribution is 5.98. The highest BCUT2D eigenvalue weighted by Gasteiger charge is 2.35. The minimum Gasteiger partial charge on any atom is -0.506 e. The molecule has 2 aromatic carbocycles. The summed E-state index contributed by atoms with van der Waals surface area (Å²) in [7, 11) is 0. The molecule has 1 atom stereocenters. The molecule has 0 spiro atoms. The van der Waals surface area contributed by atoms with E-state index in [1.165, 1.54) is 0 Å². The maximum atomic E-state index is 12.6. The molecule has 0 amide bonds. The molecule has 4 nitrogen and oxygen atoms in total. The Balaban J connectivity index is 2.05. The van der Waals surface area contributed by atoms with Crippen LogP contribution in [-0.4, -0.2) is 17.7 Å². The minimum atomic E-state index is -0.694. The third-order valence-corrected chi connectivity index (χ3v) is 3.77. The molecule has 1 aliphatic rings. The monoisotopic (exact) mass is 324 g/mol. The van der Waals surface area contributed by atoms with Crippen molar-refractivity contribution < 1.29 is 19.4 Å². The lowest BCUT2D eigenvalue weighted by atomic mass is 9.94. The largest absolute Gasteiger partial charge is 0.506 e. The van der Waals surface area contributed by atoms with Gasteiger partial charge >= 0.3 is 5.97 Å². The number of para-hydroxylation sites is 1. The van der Waals surface area contributed by atoms with Crippen LogP contribution in [0.25, 0.3) is 5.76 Å². The van der Waals surface area contributed by atoms with E-state index < -0.39 is 12.1 Å². The van der Waals surface area contributed by atoms with E-state index >= 15 is 0 Å². The van der Waals surface area contributed by atoms with Crippen molar-refractivity contribution in [3.63, 3.8) is 0 Å². The fourth-order valence-electron chi connectivity index (χ4n) is 2.61. The maximum absolute atomic E-state index is 12.6. The number of esters is 1. The number of benzene rings is 2. The molecule has 124 valence electrons. The van der Waals surface area contributed by atoms with E-state index in [0.717, 1.165) is 5.56 Å². The predicted octanol–water partition coefficient (Wildman–Crippen LogP) is 4.29. The second-order valence-corrected chi connectivity index (χ2v) is 6.16. The first-order chi connectivity index (χ1) is 11.6. The van der Waals surface area contributed by atoms with Crippen LogP contribution in [0, 0.1) is 5.92 Å². The van der Waals surface area contributed by atoms with Crippen LogP contribution in [0.5, 0.6) is 5.75 Å². The quantitative estimate of drug-likeness (QED) is 0.853. The zero-order valence-corrected chi connectivity index (χ0v) is 13.7. The molecule has 3 rings (SSSR count). The summed E-state index contributed by atoms with van der Waals surface area (Å²) in [5, 5.41) is 10.7. The van der Waals surface area contributed by atoms with Crippen LogP contribution in [-0.2, 0) is 9.53 Å². The smallest absolute Gasteiger partial charge is 0.341 e. The average Bonchev–Trinajstić information content (AvgIpc) is 2.60. The predicted molar refractivity (Wildman–Crippen MR) is 91.6 cm³/mol. The summed E-state index contributed by atoms with van der Waals surface area (Å²) in [6.45, 7) is 4.21. The summed E-state index contributed by atoms with van der Waals surface area (Å²) in [4.78, 5) is 12.6. The molecular formula is C20H20O4. The summed E-state index contributed by atoms with van der Waals surface area (Å²) in [6.07, 6.45) is -0.694. The lowest BCUT2D eigenvalue weighted by Crippen LogP contribution is -2.25. The van der Waals surface area contributed by atoms with Gasteiger partial charge in [-0.25, -0.2) is 4.79 Å². The van der Waals surface area contributed by atoms with Crippen molar-refractivity contribution in [3.8, 4) is 5.75 Å². The molecule has 1 heterocycles.